The largest absolute Gasteiger partial charge is 0.486 e. The van der Waals surface area contributed by atoms with Gasteiger partial charge in [0.05, 0.1) is 0 Å². The average Bonchev–Trinajstić information content (AvgIpc) is 3.03. The van der Waals surface area contributed by atoms with Gasteiger partial charge in [0.25, 0.3) is 0 Å². The number of hydrogen-bond acceptors (Lipinski definition) is 6. The molecule has 0 N–H and O–H groups in total. The predicted molar refractivity (Wildman–Crippen MR) is 90.0 cm³/mol. The Hall–Kier alpha value is -1.37. The van der Waals surface area contributed by atoms with Gasteiger partial charge in [-0.1, -0.05) is 18.5 Å². The molecule has 2 aromatic rings. The summed E-state index contributed by atoms with van der Waals surface area (Å²) in [4.78, 5) is 9.33. The van der Waals surface area contributed by atoms with E-state index >= 15 is 0 Å². The molecule has 1 aliphatic heterocycles. The second-order valence-corrected chi connectivity index (χ2v) is 6.32. The highest BCUT2D eigenvalue weighted by molar-refractivity contribution is 7.09. The molecule has 22 heavy (non-hydrogen) atoms. The molecule has 0 aliphatic carbocycles. The molecular weight excluding hydrogens is 320 g/mol. The molecule has 0 saturated carbocycles. The molecule has 0 spiro atoms. The van der Waals surface area contributed by atoms with Gasteiger partial charge in [-0.2, -0.15) is 9.36 Å². The third kappa shape index (κ3) is 3.88. The molecule has 5 nitrogen and oxygen atoms in total. The van der Waals surface area contributed by atoms with Crippen LogP contribution < -0.4 is 9.64 Å². The van der Waals surface area contributed by atoms with E-state index in [4.69, 9.17) is 16.3 Å². The first kappa shape index (κ1) is 15.5. The van der Waals surface area contributed by atoms with Crippen molar-refractivity contribution in [1.82, 2.24) is 14.3 Å². The van der Waals surface area contributed by atoms with E-state index in [0.717, 1.165) is 49.4 Å². The number of aromatic nitrogens is 2. The fraction of sp³-hybridized carbons (Fsp3) is 0.467. The van der Waals surface area contributed by atoms with Crippen LogP contribution in [0.1, 0.15) is 12.7 Å². The van der Waals surface area contributed by atoms with Gasteiger partial charge >= 0.3 is 0 Å². The maximum absolute atomic E-state index is 5.85. The second-order valence-electron chi connectivity index (χ2n) is 5.16. The second kappa shape index (κ2) is 7.26. The van der Waals surface area contributed by atoms with E-state index in [-0.39, 0.29) is 0 Å². The molecule has 0 radical (unpaired) electrons. The van der Waals surface area contributed by atoms with Gasteiger partial charge in [0.2, 0.25) is 5.13 Å². The third-order valence-corrected chi connectivity index (χ3v) is 4.80. The predicted octanol–water partition coefficient (Wildman–Crippen LogP) is 2.91. The third-order valence-electron chi connectivity index (χ3n) is 3.73. The van der Waals surface area contributed by atoms with Crippen LogP contribution >= 0.6 is 23.1 Å². The van der Waals surface area contributed by atoms with E-state index in [0.29, 0.717) is 11.6 Å². The molecule has 1 aromatic heterocycles. The van der Waals surface area contributed by atoms with Crippen LogP contribution in [0.3, 0.4) is 0 Å². The van der Waals surface area contributed by atoms with Crippen LogP contribution in [0.2, 0.25) is 5.02 Å². The highest BCUT2D eigenvalue weighted by Crippen LogP contribution is 2.21. The number of anilines is 1. The Morgan fingerprint density at radius 2 is 1.91 bits per heavy atom. The van der Waals surface area contributed by atoms with Gasteiger partial charge < -0.3 is 14.5 Å². The van der Waals surface area contributed by atoms with Crippen LogP contribution in [0.4, 0.5) is 5.13 Å². The van der Waals surface area contributed by atoms with Crippen LogP contribution in [0.15, 0.2) is 24.3 Å². The summed E-state index contributed by atoms with van der Waals surface area (Å²) in [7, 11) is 0. The van der Waals surface area contributed by atoms with E-state index in [2.05, 4.69) is 26.1 Å². The summed E-state index contributed by atoms with van der Waals surface area (Å²) in [6, 6.07) is 7.31. The molecule has 7 heteroatoms. The SMILES string of the molecule is CCN1CCN(c2nc(COc3ccc(Cl)cc3)ns2)CC1. The number of ether oxygens (including phenoxy) is 1. The summed E-state index contributed by atoms with van der Waals surface area (Å²) < 4.78 is 10.1. The molecule has 1 fully saturated rings. The Balaban J connectivity index is 1.54. The minimum absolute atomic E-state index is 0.382. The number of benzene rings is 1. The first-order chi connectivity index (χ1) is 10.7. The Morgan fingerprint density at radius 3 is 2.59 bits per heavy atom. The Labute approximate surface area is 139 Å². The number of rotatable bonds is 5. The van der Waals surface area contributed by atoms with Gasteiger partial charge in [-0.3, -0.25) is 0 Å². The summed E-state index contributed by atoms with van der Waals surface area (Å²) in [5, 5.41) is 1.69. The van der Waals surface area contributed by atoms with Crippen molar-refractivity contribution in [2.75, 3.05) is 37.6 Å². The number of halogens is 1. The van der Waals surface area contributed by atoms with Gasteiger partial charge in [0.15, 0.2) is 5.82 Å². The molecule has 1 aromatic carbocycles. The molecule has 1 saturated heterocycles. The zero-order valence-corrected chi connectivity index (χ0v) is 14.1. The molecule has 0 atom stereocenters. The minimum atomic E-state index is 0.382. The molecule has 0 bridgehead atoms. The molecule has 1 aliphatic rings. The monoisotopic (exact) mass is 338 g/mol. The van der Waals surface area contributed by atoms with Gasteiger partial charge in [-0.25, -0.2) is 0 Å². The van der Waals surface area contributed by atoms with Crippen LogP contribution in [-0.4, -0.2) is 47.0 Å². The van der Waals surface area contributed by atoms with Crippen molar-refractivity contribution < 1.29 is 4.74 Å². The number of likely N-dealkylation sites (N-methyl/N-ethyl adjacent to an activating group) is 1. The lowest BCUT2D eigenvalue weighted by Crippen LogP contribution is -2.46. The van der Waals surface area contributed by atoms with Crippen molar-refractivity contribution >= 4 is 28.3 Å². The Morgan fingerprint density at radius 1 is 1.18 bits per heavy atom. The van der Waals surface area contributed by atoms with Crippen LogP contribution in [0.25, 0.3) is 0 Å². The summed E-state index contributed by atoms with van der Waals surface area (Å²) in [6.45, 7) is 7.91. The fourth-order valence-corrected chi connectivity index (χ4v) is 3.22. The van der Waals surface area contributed by atoms with Crippen LogP contribution in [0, 0.1) is 0 Å². The van der Waals surface area contributed by atoms with Crippen LogP contribution in [-0.2, 0) is 6.61 Å². The first-order valence-electron chi connectivity index (χ1n) is 7.43. The molecular formula is C15H19ClN4OS. The smallest absolute Gasteiger partial charge is 0.205 e. The maximum atomic E-state index is 5.85. The normalized spacial score (nSPS) is 16.0. The van der Waals surface area contributed by atoms with E-state index in [9.17, 15) is 0 Å². The minimum Gasteiger partial charge on any atom is -0.486 e. The van der Waals surface area contributed by atoms with Crippen molar-refractivity contribution in [1.29, 1.82) is 0 Å². The van der Waals surface area contributed by atoms with Gasteiger partial charge in [-0.15, -0.1) is 0 Å². The summed E-state index contributed by atoms with van der Waals surface area (Å²) >= 11 is 7.30. The zero-order valence-electron chi connectivity index (χ0n) is 12.5. The zero-order chi connectivity index (χ0) is 15.4. The first-order valence-corrected chi connectivity index (χ1v) is 8.58. The highest BCUT2D eigenvalue weighted by Gasteiger charge is 2.19. The fourth-order valence-electron chi connectivity index (χ4n) is 2.37. The Bertz CT molecular complexity index is 596. The summed E-state index contributed by atoms with van der Waals surface area (Å²) in [5.41, 5.74) is 0. The maximum Gasteiger partial charge on any atom is 0.205 e. The Kier molecular flexibility index (Phi) is 5.12. The summed E-state index contributed by atoms with van der Waals surface area (Å²) in [5.74, 6) is 1.50. The quantitative estimate of drug-likeness (QED) is 0.838. The van der Waals surface area contributed by atoms with Crippen molar-refractivity contribution in [3.05, 3.63) is 35.1 Å². The lowest BCUT2D eigenvalue weighted by Gasteiger charge is -2.33. The number of piperazine rings is 1. The van der Waals surface area contributed by atoms with Crippen molar-refractivity contribution in [2.24, 2.45) is 0 Å². The molecule has 3 rings (SSSR count). The van der Waals surface area contributed by atoms with Gasteiger partial charge in [-0.05, 0) is 30.8 Å². The number of hydrogen-bond donors (Lipinski definition) is 0. The van der Waals surface area contributed by atoms with E-state index in [1.54, 1.807) is 0 Å². The van der Waals surface area contributed by atoms with Gasteiger partial charge in [0.1, 0.15) is 12.4 Å². The lowest BCUT2D eigenvalue weighted by atomic mass is 10.3. The van der Waals surface area contributed by atoms with Crippen molar-refractivity contribution in [3.8, 4) is 5.75 Å². The number of nitrogens with zero attached hydrogens (tertiary/aromatic N) is 4. The van der Waals surface area contributed by atoms with Crippen molar-refractivity contribution in [3.63, 3.8) is 0 Å². The molecule has 118 valence electrons. The van der Waals surface area contributed by atoms with Crippen LogP contribution in [0.5, 0.6) is 5.75 Å². The average molecular weight is 339 g/mol. The van der Waals surface area contributed by atoms with E-state index < -0.39 is 0 Å². The topological polar surface area (TPSA) is 41.5 Å². The van der Waals surface area contributed by atoms with E-state index in [1.165, 1.54) is 11.5 Å². The van der Waals surface area contributed by atoms with E-state index in [1.807, 2.05) is 24.3 Å². The standard InChI is InChI=1S/C15H19ClN4OS/c1-2-19-7-9-20(10-8-19)15-17-14(18-22-15)11-21-13-5-3-12(16)4-6-13/h3-6H,2,7-11H2,1H3. The molecule has 0 amide bonds. The van der Waals surface area contributed by atoms with Crippen molar-refractivity contribution in [2.45, 2.75) is 13.5 Å². The highest BCUT2D eigenvalue weighted by atomic mass is 35.5. The van der Waals surface area contributed by atoms with Gasteiger partial charge in [0, 0.05) is 42.7 Å². The molecule has 2 heterocycles. The molecule has 0 unspecified atom stereocenters. The lowest BCUT2D eigenvalue weighted by molar-refractivity contribution is 0.270. The summed E-state index contributed by atoms with van der Waals surface area (Å²) in [6.07, 6.45) is 0.